The highest BCUT2D eigenvalue weighted by atomic mass is 16.3. The van der Waals surface area contributed by atoms with E-state index in [2.05, 4.69) is 4.98 Å². The van der Waals surface area contributed by atoms with Crippen LogP contribution in [-0.2, 0) is 0 Å². The molecule has 1 aromatic rings. The maximum absolute atomic E-state index is 11.7. The second-order valence-corrected chi connectivity index (χ2v) is 4.73. The van der Waals surface area contributed by atoms with Crippen molar-refractivity contribution in [2.24, 2.45) is 5.92 Å². The number of aromatic nitrogens is 2. The number of hydrogen-bond acceptors (Lipinski definition) is 6. The number of nitrogens with zero attached hydrogens (tertiary/aromatic N) is 2. The van der Waals surface area contributed by atoms with Crippen LogP contribution in [0.2, 0.25) is 0 Å². The zero-order valence-electron chi connectivity index (χ0n) is 10.0. The van der Waals surface area contributed by atoms with Gasteiger partial charge in [-0.3, -0.25) is 4.57 Å². The summed E-state index contributed by atoms with van der Waals surface area (Å²) in [5, 5.41) is 28.7. The molecule has 1 aliphatic carbocycles. The molecule has 0 aromatic carbocycles. The van der Waals surface area contributed by atoms with E-state index in [4.69, 9.17) is 10.8 Å². The van der Waals surface area contributed by atoms with Crippen LogP contribution in [0.4, 0.5) is 5.82 Å². The van der Waals surface area contributed by atoms with Gasteiger partial charge in [-0.2, -0.15) is 4.98 Å². The van der Waals surface area contributed by atoms with Crippen molar-refractivity contribution in [2.75, 3.05) is 12.3 Å². The van der Waals surface area contributed by atoms with Crippen LogP contribution in [0.1, 0.15) is 18.0 Å². The first-order valence-corrected chi connectivity index (χ1v) is 5.78. The number of hydrogen-bond donors (Lipinski definition) is 4. The molecule has 2 rings (SSSR count). The number of aliphatic hydroxyl groups excluding tert-OH is 3. The van der Waals surface area contributed by atoms with Crippen molar-refractivity contribution in [3.8, 4) is 0 Å². The molecule has 0 amide bonds. The first-order valence-electron chi connectivity index (χ1n) is 5.78. The van der Waals surface area contributed by atoms with Crippen molar-refractivity contribution in [3.63, 3.8) is 0 Å². The monoisotopic (exact) mass is 255 g/mol. The summed E-state index contributed by atoms with van der Waals surface area (Å²) in [6.45, 7) is 1.48. The number of aryl methyl sites for hydroxylation is 1. The summed E-state index contributed by atoms with van der Waals surface area (Å²) in [7, 11) is 0. The summed E-state index contributed by atoms with van der Waals surface area (Å²) in [5.74, 6) is -0.280. The van der Waals surface area contributed by atoms with Crippen molar-refractivity contribution in [1.82, 2.24) is 9.55 Å². The molecule has 4 atom stereocenters. The van der Waals surface area contributed by atoms with E-state index in [9.17, 15) is 15.0 Å². The third-order valence-electron chi connectivity index (χ3n) is 3.54. The van der Waals surface area contributed by atoms with Gasteiger partial charge in [0.15, 0.2) is 0 Å². The van der Waals surface area contributed by atoms with Gasteiger partial charge in [0.1, 0.15) is 11.9 Å². The summed E-state index contributed by atoms with van der Waals surface area (Å²) >= 11 is 0. The summed E-state index contributed by atoms with van der Waals surface area (Å²) in [5.41, 5.74) is 5.59. The summed E-state index contributed by atoms with van der Waals surface area (Å²) in [6, 6.07) is -0.587. The Balaban J connectivity index is 2.39. The van der Waals surface area contributed by atoms with Gasteiger partial charge in [0, 0.05) is 24.3 Å². The average Bonchev–Trinajstić information content (AvgIpc) is 2.61. The van der Waals surface area contributed by atoms with Gasteiger partial charge in [0.05, 0.1) is 12.1 Å². The lowest BCUT2D eigenvalue weighted by Crippen LogP contribution is -2.35. The first-order chi connectivity index (χ1) is 8.45. The van der Waals surface area contributed by atoms with Crippen LogP contribution >= 0.6 is 0 Å². The topological polar surface area (TPSA) is 122 Å². The highest BCUT2D eigenvalue weighted by Crippen LogP contribution is 2.34. The Morgan fingerprint density at radius 3 is 2.72 bits per heavy atom. The predicted molar refractivity (Wildman–Crippen MR) is 63.9 cm³/mol. The number of nitrogens with two attached hydrogens (primary N) is 1. The number of aliphatic hydroxyl groups is 3. The summed E-state index contributed by atoms with van der Waals surface area (Å²) in [4.78, 5) is 15.4. The SMILES string of the molecule is Cc1cn([C@@H]2C[C@H](CO)C(O)[C@@H]2O)c(=O)nc1N. The molecule has 0 saturated heterocycles. The Hall–Kier alpha value is -1.44. The number of rotatable bonds is 2. The van der Waals surface area contributed by atoms with Crippen molar-refractivity contribution in [2.45, 2.75) is 31.6 Å². The van der Waals surface area contributed by atoms with E-state index in [0.29, 0.717) is 12.0 Å². The second kappa shape index (κ2) is 4.68. The molecule has 7 heteroatoms. The van der Waals surface area contributed by atoms with Gasteiger partial charge in [-0.1, -0.05) is 0 Å². The van der Waals surface area contributed by atoms with Crippen molar-refractivity contribution in [3.05, 3.63) is 22.2 Å². The van der Waals surface area contributed by atoms with E-state index in [1.807, 2.05) is 0 Å². The zero-order valence-corrected chi connectivity index (χ0v) is 10.0. The average molecular weight is 255 g/mol. The van der Waals surface area contributed by atoms with E-state index < -0.39 is 29.9 Å². The molecule has 1 aromatic heterocycles. The molecular weight excluding hydrogens is 238 g/mol. The maximum Gasteiger partial charge on any atom is 0.349 e. The largest absolute Gasteiger partial charge is 0.396 e. The van der Waals surface area contributed by atoms with E-state index in [0.717, 1.165) is 0 Å². The molecular formula is C11H17N3O4. The first kappa shape index (κ1) is 13.0. The molecule has 1 unspecified atom stereocenters. The van der Waals surface area contributed by atoms with Crippen LogP contribution in [0, 0.1) is 12.8 Å². The molecule has 0 aliphatic heterocycles. The van der Waals surface area contributed by atoms with Crippen LogP contribution in [0.25, 0.3) is 0 Å². The van der Waals surface area contributed by atoms with Gasteiger partial charge in [-0.05, 0) is 13.3 Å². The minimum absolute atomic E-state index is 0.156. The Labute approximate surface area is 104 Å². The highest BCUT2D eigenvalue weighted by molar-refractivity contribution is 5.35. The minimum Gasteiger partial charge on any atom is -0.396 e. The van der Waals surface area contributed by atoms with E-state index >= 15 is 0 Å². The lowest BCUT2D eigenvalue weighted by Gasteiger charge is -2.19. The highest BCUT2D eigenvalue weighted by Gasteiger charge is 2.42. The summed E-state index contributed by atoms with van der Waals surface area (Å²) < 4.78 is 1.27. The Kier molecular flexibility index (Phi) is 3.38. The molecule has 1 saturated carbocycles. The van der Waals surface area contributed by atoms with Gasteiger partial charge in [0.2, 0.25) is 0 Å². The van der Waals surface area contributed by atoms with Crippen LogP contribution < -0.4 is 11.4 Å². The molecule has 18 heavy (non-hydrogen) atoms. The minimum atomic E-state index is -1.09. The number of anilines is 1. The summed E-state index contributed by atoms with van der Waals surface area (Å²) in [6.07, 6.45) is -0.288. The quantitative estimate of drug-likeness (QED) is 0.505. The lowest BCUT2D eigenvalue weighted by molar-refractivity contribution is -0.00455. The normalized spacial score (nSPS) is 31.8. The van der Waals surface area contributed by atoms with Crippen LogP contribution in [0.3, 0.4) is 0 Å². The molecule has 1 fully saturated rings. The zero-order chi connectivity index (χ0) is 13.4. The molecule has 5 N–H and O–H groups in total. The van der Waals surface area contributed by atoms with Crippen LogP contribution in [0.15, 0.2) is 11.0 Å². The van der Waals surface area contributed by atoms with Crippen molar-refractivity contribution < 1.29 is 15.3 Å². The molecule has 0 bridgehead atoms. The Bertz CT molecular complexity index is 502. The van der Waals surface area contributed by atoms with Gasteiger partial charge in [-0.25, -0.2) is 4.79 Å². The molecule has 1 aliphatic rings. The molecule has 7 nitrogen and oxygen atoms in total. The fourth-order valence-corrected chi connectivity index (χ4v) is 2.37. The maximum atomic E-state index is 11.7. The fourth-order valence-electron chi connectivity index (χ4n) is 2.37. The predicted octanol–water partition coefficient (Wildman–Crippen LogP) is -1.59. The smallest absolute Gasteiger partial charge is 0.349 e. The Morgan fingerprint density at radius 1 is 1.50 bits per heavy atom. The molecule has 1 heterocycles. The third-order valence-corrected chi connectivity index (χ3v) is 3.54. The van der Waals surface area contributed by atoms with Crippen molar-refractivity contribution >= 4 is 5.82 Å². The van der Waals surface area contributed by atoms with Crippen molar-refractivity contribution in [1.29, 1.82) is 0 Å². The van der Waals surface area contributed by atoms with Gasteiger partial charge in [-0.15, -0.1) is 0 Å². The molecule has 0 spiro atoms. The van der Waals surface area contributed by atoms with Crippen LogP contribution in [0.5, 0.6) is 0 Å². The lowest BCUT2D eigenvalue weighted by atomic mass is 10.1. The number of nitrogen functional groups attached to an aromatic ring is 1. The van der Waals surface area contributed by atoms with Gasteiger partial charge < -0.3 is 21.1 Å². The molecule has 0 radical (unpaired) electrons. The van der Waals surface area contributed by atoms with Crippen LogP contribution in [-0.4, -0.2) is 43.7 Å². The van der Waals surface area contributed by atoms with E-state index in [-0.39, 0.29) is 12.4 Å². The Morgan fingerprint density at radius 2 is 2.17 bits per heavy atom. The van der Waals surface area contributed by atoms with E-state index in [1.54, 1.807) is 6.92 Å². The standard InChI is InChI=1S/C11H17N3O4/c1-5-3-14(11(18)13-10(5)12)7-2-6(4-15)8(16)9(7)17/h3,6-9,15-17H,2,4H2,1H3,(H2,12,13,18)/t6-,7-,8?,9-/m1/s1. The molecule has 100 valence electrons. The van der Waals surface area contributed by atoms with Gasteiger partial charge in [0.25, 0.3) is 0 Å². The van der Waals surface area contributed by atoms with Gasteiger partial charge >= 0.3 is 5.69 Å². The third kappa shape index (κ3) is 2.00. The van der Waals surface area contributed by atoms with E-state index in [1.165, 1.54) is 10.8 Å². The fraction of sp³-hybridized carbons (Fsp3) is 0.636. The second-order valence-electron chi connectivity index (χ2n) is 4.73.